The molecule has 0 N–H and O–H groups in total. The van der Waals surface area contributed by atoms with Crippen molar-refractivity contribution in [2.75, 3.05) is 58.9 Å². The molecule has 2 rings (SSSR count). The molecule has 0 aromatic carbocycles. The van der Waals surface area contributed by atoms with E-state index in [9.17, 15) is 0 Å². The van der Waals surface area contributed by atoms with Crippen LogP contribution >= 0.6 is 0 Å². The Labute approximate surface area is 126 Å². The van der Waals surface area contributed by atoms with Gasteiger partial charge in [-0.25, -0.2) is 0 Å². The third-order valence-electron chi connectivity index (χ3n) is 5.10. The minimum absolute atomic E-state index is 0.810. The predicted molar refractivity (Wildman–Crippen MR) is 87.2 cm³/mol. The van der Waals surface area contributed by atoms with Crippen LogP contribution in [0, 0.1) is 11.8 Å². The number of rotatable bonds is 6. The number of likely N-dealkylation sites (tertiary alicyclic amines) is 1. The zero-order chi connectivity index (χ0) is 14.4. The van der Waals surface area contributed by atoms with Crippen molar-refractivity contribution in [3.63, 3.8) is 0 Å². The maximum absolute atomic E-state index is 2.70. The molecule has 2 fully saturated rings. The smallest absolute Gasteiger partial charge is 0.0110 e. The van der Waals surface area contributed by atoms with E-state index in [0.29, 0.717) is 0 Å². The predicted octanol–water partition coefficient (Wildman–Crippen LogP) is 2.38. The van der Waals surface area contributed by atoms with E-state index in [1.165, 1.54) is 78.2 Å². The molecule has 0 aromatic heterocycles. The maximum atomic E-state index is 2.70. The molecule has 0 spiro atoms. The lowest BCUT2D eigenvalue weighted by Gasteiger charge is -2.37. The van der Waals surface area contributed by atoms with Gasteiger partial charge < -0.3 is 14.7 Å². The van der Waals surface area contributed by atoms with Crippen LogP contribution in [0.25, 0.3) is 0 Å². The standard InChI is InChI=1S/C17H35N3/c1-4-18-8-5-17(6-9-18)7-10-19-11-13-20(14-12-19)15-16(2)3/h16-17H,4-15H2,1-3H3. The van der Waals surface area contributed by atoms with Crippen molar-refractivity contribution in [1.29, 1.82) is 0 Å². The number of piperazine rings is 1. The molecule has 2 saturated heterocycles. The van der Waals surface area contributed by atoms with Crippen molar-refractivity contribution >= 4 is 0 Å². The Hall–Kier alpha value is -0.120. The molecule has 2 aliphatic rings. The van der Waals surface area contributed by atoms with E-state index in [0.717, 1.165) is 11.8 Å². The first-order valence-electron chi connectivity index (χ1n) is 8.84. The molecule has 0 radical (unpaired) electrons. The van der Waals surface area contributed by atoms with Crippen LogP contribution in [0.4, 0.5) is 0 Å². The Morgan fingerprint density at radius 3 is 2.00 bits per heavy atom. The summed E-state index contributed by atoms with van der Waals surface area (Å²) in [6.45, 7) is 18.6. The summed E-state index contributed by atoms with van der Waals surface area (Å²) in [5, 5.41) is 0. The van der Waals surface area contributed by atoms with Gasteiger partial charge in [-0.2, -0.15) is 0 Å². The monoisotopic (exact) mass is 281 g/mol. The maximum Gasteiger partial charge on any atom is 0.0110 e. The highest BCUT2D eigenvalue weighted by molar-refractivity contribution is 4.76. The first-order chi connectivity index (χ1) is 9.67. The molecule has 118 valence electrons. The van der Waals surface area contributed by atoms with Gasteiger partial charge >= 0.3 is 0 Å². The molecule has 0 aromatic rings. The van der Waals surface area contributed by atoms with Crippen molar-refractivity contribution in [2.24, 2.45) is 11.8 Å². The first-order valence-corrected chi connectivity index (χ1v) is 8.84. The normalized spacial score (nSPS) is 24.6. The molecule has 20 heavy (non-hydrogen) atoms. The second kappa shape index (κ2) is 8.35. The van der Waals surface area contributed by atoms with Gasteiger partial charge in [-0.05, 0) is 57.3 Å². The zero-order valence-electron chi connectivity index (χ0n) is 14.0. The Kier molecular flexibility index (Phi) is 6.79. The Morgan fingerprint density at radius 2 is 1.45 bits per heavy atom. The van der Waals surface area contributed by atoms with Crippen LogP contribution in [0.3, 0.4) is 0 Å². The average Bonchev–Trinajstić information content (AvgIpc) is 2.46. The van der Waals surface area contributed by atoms with Gasteiger partial charge in [0, 0.05) is 32.7 Å². The van der Waals surface area contributed by atoms with Gasteiger partial charge in [0.2, 0.25) is 0 Å². The topological polar surface area (TPSA) is 9.72 Å². The minimum atomic E-state index is 0.810. The van der Waals surface area contributed by atoms with Crippen LogP contribution in [0.5, 0.6) is 0 Å². The van der Waals surface area contributed by atoms with Crippen LogP contribution in [0.2, 0.25) is 0 Å². The van der Waals surface area contributed by atoms with Crippen LogP contribution in [-0.4, -0.2) is 73.6 Å². The summed E-state index contributed by atoms with van der Waals surface area (Å²) in [7, 11) is 0. The lowest BCUT2D eigenvalue weighted by molar-refractivity contribution is 0.109. The Balaban J connectivity index is 1.57. The summed E-state index contributed by atoms with van der Waals surface area (Å²) in [5.41, 5.74) is 0. The molecule has 0 unspecified atom stereocenters. The van der Waals surface area contributed by atoms with Crippen molar-refractivity contribution in [1.82, 2.24) is 14.7 Å². The Morgan fingerprint density at radius 1 is 0.850 bits per heavy atom. The van der Waals surface area contributed by atoms with E-state index in [-0.39, 0.29) is 0 Å². The molecule has 2 heterocycles. The SMILES string of the molecule is CCN1CCC(CCN2CCN(CC(C)C)CC2)CC1. The largest absolute Gasteiger partial charge is 0.304 e. The van der Waals surface area contributed by atoms with Crippen molar-refractivity contribution < 1.29 is 0 Å². The van der Waals surface area contributed by atoms with Crippen molar-refractivity contribution in [3.8, 4) is 0 Å². The summed E-state index contributed by atoms with van der Waals surface area (Å²) < 4.78 is 0. The first kappa shape index (κ1) is 16.3. The van der Waals surface area contributed by atoms with Crippen LogP contribution in [-0.2, 0) is 0 Å². The van der Waals surface area contributed by atoms with Crippen LogP contribution in [0.1, 0.15) is 40.0 Å². The van der Waals surface area contributed by atoms with Gasteiger partial charge in [0.1, 0.15) is 0 Å². The molecule has 0 saturated carbocycles. The van der Waals surface area contributed by atoms with Gasteiger partial charge in [-0.3, -0.25) is 0 Å². The summed E-state index contributed by atoms with van der Waals surface area (Å²) >= 11 is 0. The summed E-state index contributed by atoms with van der Waals surface area (Å²) in [6.07, 6.45) is 4.30. The number of hydrogen-bond acceptors (Lipinski definition) is 3. The van der Waals surface area contributed by atoms with Gasteiger partial charge in [-0.1, -0.05) is 20.8 Å². The molecular formula is C17H35N3. The molecular weight excluding hydrogens is 246 g/mol. The third kappa shape index (κ3) is 5.34. The average molecular weight is 281 g/mol. The second-order valence-corrected chi connectivity index (χ2v) is 7.20. The third-order valence-corrected chi connectivity index (χ3v) is 5.10. The number of piperidine rings is 1. The van der Waals surface area contributed by atoms with E-state index in [1.54, 1.807) is 0 Å². The quantitative estimate of drug-likeness (QED) is 0.740. The minimum Gasteiger partial charge on any atom is -0.304 e. The van der Waals surface area contributed by atoms with Gasteiger partial charge in [-0.15, -0.1) is 0 Å². The molecule has 3 heteroatoms. The summed E-state index contributed by atoms with van der Waals surface area (Å²) in [5.74, 6) is 1.80. The van der Waals surface area contributed by atoms with Crippen molar-refractivity contribution in [3.05, 3.63) is 0 Å². The van der Waals surface area contributed by atoms with E-state index in [1.807, 2.05) is 0 Å². The summed E-state index contributed by atoms with van der Waals surface area (Å²) in [4.78, 5) is 7.94. The van der Waals surface area contributed by atoms with Gasteiger partial charge in [0.15, 0.2) is 0 Å². The second-order valence-electron chi connectivity index (χ2n) is 7.20. The molecule has 0 bridgehead atoms. The summed E-state index contributed by atoms with van der Waals surface area (Å²) in [6, 6.07) is 0. The molecule has 3 nitrogen and oxygen atoms in total. The fourth-order valence-corrected chi connectivity index (χ4v) is 3.67. The fraction of sp³-hybridized carbons (Fsp3) is 1.00. The van der Waals surface area contributed by atoms with E-state index >= 15 is 0 Å². The number of nitrogens with zero attached hydrogens (tertiary/aromatic N) is 3. The van der Waals surface area contributed by atoms with Crippen molar-refractivity contribution in [2.45, 2.75) is 40.0 Å². The molecule has 0 aliphatic carbocycles. The van der Waals surface area contributed by atoms with E-state index in [2.05, 4.69) is 35.5 Å². The fourth-order valence-electron chi connectivity index (χ4n) is 3.67. The number of hydrogen-bond donors (Lipinski definition) is 0. The molecule has 0 atom stereocenters. The van der Waals surface area contributed by atoms with E-state index in [4.69, 9.17) is 0 Å². The molecule has 2 aliphatic heterocycles. The highest BCUT2D eigenvalue weighted by Gasteiger charge is 2.21. The highest BCUT2D eigenvalue weighted by atomic mass is 15.3. The lowest BCUT2D eigenvalue weighted by atomic mass is 9.93. The Bertz CT molecular complexity index is 251. The van der Waals surface area contributed by atoms with Gasteiger partial charge in [0.25, 0.3) is 0 Å². The highest BCUT2D eigenvalue weighted by Crippen LogP contribution is 2.20. The zero-order valence-corrected chi connectivity index (χ0v) is 14.0. The van der Waals surface area contributed by atoms with E-state index < -0.39 is 0 Å². The van der Waals surface area contributed by atoms with Gasteiger partial charge in [0.05, 0.1) is 0 Å². The van der Waals surface area contributed by atoms with Crippen LogP contribution < -0.4 is 0 Å². The lowest BCUT2D eigenvalue weighted by Crippen LogP contribution is -2.47. The molecule has 0 amide bonds. The van der Waals surface area contributed by atoms with Crippen LogP contribution in [0.15, 0.2) is 0 Å².